The molecule has 5 nitrogen and oxygen atoms in total. The second-order valence-electron chi connectivity index (χ2n) is 8.81. The first-order valence-electron chi connectivity index (χ1n) is 10.1. The highest BCUT2D eigenvalue weighted by Crippen LogP contribution is 2.38. The summed E-state index contributed by atoms with van der Waals surface area (Å²) in [5.41, 5.74) is 0. The van der Waals surface area contributed by atoms with E-state index in [1.165, 1.54) is 51.3 Å². The van der Waals surface area contributed by atoms with E-state index in [4.69, 9.17) is 0 Å². The van der Waals surface area contributed by atoms with Crippen molar-refractivity contribution in [3.8, 4) is 0 Å². The molecule has 3 fully saturated rings. The Morgan fingerprint density at radius 2 is 1.88 bits per heavy atom. The van der Waals surface area contributed by atoms with Crippen molar-refractivity contribution >= 4 is 9.84 Å². The number of hydrogen-bond donors (Lipinski definition) is 2. The predicted octanol–water partition coefficient (Wildman–Crippen LogP) is 1.72. The molecular weight excluding hydrogens is 334 g/mol. The van der Waals surface area contributed by atoms with E-state index < -0.39 is 9.84 Å². The molecule has 0 amide bonds. The lowest BCUT2D eigenvalue weighted by atomic mass is 9.87. The van der Waals surface area contributed by atoms with Gasteiger partial charge < -0.3 is 10.6 Å². The fourth-order valence-corrected chi connectivity index (χ4v) is 6.50. The van der Waals surface area contributed by atoms with Crippen LogP contribution in [0.25, 0.3) is 0 Å². The molecule has 5 atom stereocenters. The van der Waals surface area contributed by atoms with Crippen LogP contribution in [0.15, 0.2) is 11.1 Å². The molecule has 3 heterocycles. The van der Waals surface area contributed by atoms with Crippen molar-refractivity contribution < 1.29 is 8.42 Å². The van der Waals surface area contributed by atoms with Gasteiger partial charge in [0.2, 0.25) is 0 Å². The van der Waals surface area contributed by atoms with Gasteiger partial charge in [-0.05, 0) is 49.5 Å². The Morgan fingerprint density at radius 1 is 1.12 bits per heavy atom. The van der Waals surface area contributed by atoms with Gasteiger partial charge in [-0.2, -0.15) is 0 Å². The van der Waals surface area contributed by atoms with Gasteiger partial charge in [0.15, 0.2) is 9.84 Å². The van der Waals surface area contributed by atoms with Gasteiger partial charge in [0.1, 0.15) is 5.03 Å². The molecule has 2 saturated heterocycles. The molecule has 0 radical (unpaired) electrons. The molecule has 4 rings (SSSR count). The molecule has 1 aliphatic carbocycles. The number of sulfone groups is 1. The molecule has 25 heavy (non-hydrogen) atoms. The summed E-state index contributed by atoms with van der Waals surface area (Å²) in [6.07, 6.45) is 11.5. The van der Waals surface area contributed by atoms with Crippen molar-refractivity contribution in [2.75, 3.05) is 25.9 Å². The van der Waals surface area contributed by atoms with Crippen LogP contribution in [-0.4, -0.2) is 57.3 Å². The number of nitrogens with one attached hydrogen (secondary N) is 2. The molecule has 142 valence electrons. The summed E-state index contributed by atoms with van der Waals surface area (Å²) < 4.78 is 23.5. The van der Waals surface area contributed by atoms with Crippen LogP contribution in [-0.2, 0) is 9.84 Å². The van der Waals surface area contributed by atoms with Crippen molar-refractivity contribution in [3.63, 3.8) is 0 Å². The van der Waals surface area contributed by atoms with Crippen LogP contribution >= 0.6 is 0 Å². The molecule has 2 N–H and O–H groups in total. The minimum absolute atomic E-state index is 0.280. The normalized spacial score (nSPS) is 40.6. The number of hydrogen-bond acceptors (Lipinski definition) is 5. The summed E-state index contributed by atoms with van der Waals surface area (Å²) in [6.45, 7) is 5.21. The maximum atomic E-state index is 11.8. The van der Waals surface area contributed by atoms with Gasteiger partial charge in [0.05, 0.1) is 0 Å². The number of fused-ring (bicyclic) bond motifs is 1. The third kappa shape index (κ3) is 3.62. The largest absolute Gasteiger partial charge is 0.374 e. The maximum absolute atomic E-state index is 11.8. The van der Waals surface area contributed by atoms with Crippen molar-refractivity contribution in [3.05, 3.63) is 11.1 Å². The molecule has 0 aromatic carbocycles. The molecule has 1 saturated carbocycles. The van der Waals surface area contributed by atoms with Gasteiger partial charge in [-0.25, -0.2) is 8.42 Å². The highest BCUT2D eigenvalue weighted by Gasteiger charge is 2.43. The number of piperidine rings is 1. The van der Waals surface area contributed by atoms with Crippen LogP contribution < -0.4 is 10.6 Å². The van der Waals surface area contributed by atoms with Crippen LogP contribution in [0.3, 0.4) is 0 Å². The molecule has 0 aromatic heterocycles. The Morgan fingerprint density at radius 3 is 2.56 bits per heavy atom. The first-order chi connectivity index (χ1) is 11.9. The van der Waals surface area contributed by atoms with Crippen LogP contribution in [0.4, 0.5) is 0 Å². The molecule has 6 heteroatoms. The quantitative estimate of drug-likeness (QED) is 0.795. The molecule has 0 spiro atoms. The monoisotopic (exact) mass is 367 g/mol. The molecular formula is C19H33N3O2S. The summed E-state index contributed by atoms with van der Waals surface area (Å²) in [4.78, 5) is 2.62. The number of rotatable bonds is 3. The van der Waals surface area contributed by atoms with Crippen LogP contribution in [0.1, 0.15) is 45.4 Å². The lowest BCUT2D eigenvalue weighted by Gasteiger charge is -2.43. The zero-order valence-electron chi connectivity index (χ0n) is 15.6. The van der Waals surface area contributed by atoms with Gasteiger partial charge in [-0.15, -0.1) is 0 Å². The molecule has 0 bridgehead atoms. The topological polar surface area (TPSA) is 61.4 Å². The van der Waals surface area contributed by atoms with E-state index in [1.807, 2.05) is 6.08 Å². The van der Waals surface area contributed by atoms with Crippen molar-refractivity contribution in [1.29, 1.82) is 0 Å². The standard InChI is InChI=1S/C19H33N3O2S/c1-13-9-19(25(2,23)24)20-11-18(13)22-8-7-16-15(12-22)10-17(21-16)14-5-3-4-6-14/h9,13-18,20-21H,3-8,10-12H2,1-2H3. The van der Waals surface area contributed by atoms with Gasteiger partial charge >= 0.3 is 0 Å². The average Bonchev–Trinajstić information content (AvgIpc) is 3.22. The van der Waals surface area contributed by atoms with Crippen molar-refractivity contribution in [1.82, 2.24) is 15.5 Å². The fourth-order valence-electron chi connectivity index (χ4n) is 5.69. The van der Waals surface area contributed by atoms with E-state index in [9.17, 15) is 8.42 Å². The highest BCUT2D eigenvalue weighted by atomic mass is 32.2. The average molecular weight is 368 g/mol. The fraction of sp³-hybridized carbons (Fsp3) is 0.895. The third-order valence-corrected chi connectivity index (χ3v) is 8.17. The molecule has 3 aliphatic heterocycles. The summed E-state index contributed by atoms with van der Waals surface area (Å²) >= 11 is 0. The maximum Gasteiger partial charge on any atom is 0.190 e. The second-order valence-corrected chi connectivity index (χ2v) is 10.8. The van der Waals surface area contributed by atoms with Crippen LogP contribution in [0, 0.1) is 17.8 Å². The van der Waals surface area contributed by atoms with E-state index in [2.05, 4.69) is 22.5 Å². The van der Waals surface area contributed by atoms with Crippen LogP contribution in [0.5, 0.6) is 0 Å². The first-order valence-corrected chi connectivity index (χ1v) is 12.0. The zero-order chi connectivity index (χ0) is 17.6. The summed E-state index contributed by atoms with van der Waals surface area (Å²) in [5.74, 6) is 1.96. The van der Waals surface area contributed by atoms with E-state index in [-0.39, 0.29) is 5.92 Å². The van der Waals surface area contributed by atoms with Crippen LogP contribution in [0.2, 0.25) is 0 Å². The van der Waals surface area contributed by atoms with Gasteiger partial charge in [-0.1, -0.05) is 19.8 Å². The number of likely N-dealkylation sites (tertiary alicyclic amines) is 1. The highest BCUT2D eigenvalue weighted by molar-refractivity contribution is 7.94. The van der Waals surface area contributed by atoms with Crippen molar-refractivity contribution in [2.45, 2.75) is 63.6 Å². The summed E-state index contributed by atoms with van der Waals surface area (Å²) in [5, 5.41) is 7.54. The minimum atomic E-state index is -3.12. The molecule has 4 aliphatic rings. The summed E-state index contributed by atoms with van der Waals surface area (Å²) in [6, 6.07) is 1.86. The Balaban J connectivity index is 1.38. The van der Waals surface area contributed by atoms with Gasteiger partial charge in [0, 0.05) is 44.0 Å². The Labute approximate surface area is 152 Å². The van der Waals surface area contributed by atoms with Gasteiger partial charge in [0.25, 0.3) is 0 Å². The Bertz CT molecular complexity index is 627. The van der Waals surface area contributed by atoms with E-state index in [1.54, 1.807) is 0 Å². The van der Waals surface area contributed by atoms with E-state index in [0.717, 1.165) is 31.0 Å². The zero-order valence-corrected chi connectivity index (χ0v) is 16.4. The second kappa shape index (κ2) is 6.86. The lowest BCUT2D eigenvalue weighted by Crippen LogP contribution is -2.55. The Hall–Kier alpha value is -0.590. The first kappa shape index (κ1) is 17.8. The molecule has 0 aromatic rings. The third-order valence-electron chi connectivity index (χ3n) is 7.09. The van der Waals surface area contributed by atoms with Crippen molar-refractivity contribution in [2.24, 2.45) is 17.8 Å². The van der Waals surface area contributed by atoms with Gasteiger partial charge in [-0.3, -0.25) is 4.90 Å². The molecule has 5 unspecified atom stereocenters. The van der Waals surface area contributed by atoms with E-state index in [0.29, 0.717) is 17.1 Å². The minimum Gasteiger partial charge on any atom is -0.374 e. The smallest absolute Gasteiger partial charge is 0.190 e. The number of nitrogens with zero attached hydrogens (tertiary/aromatic N) is 1. The lowest BCUT2D eigenvalue weighted by molar-refractivity contribution is 0.0928. The Kier molecular flexibility index (Phi) is 4.88. The SMILES string of the molecule is CC1C=C(S(C)(=O)=O)NCC1N1CCC2NC(C3CCCC3)CC2C1. The van der Waals surface area contributed by atoms with E-state index >= 15 is 0 Å². The predicted molar refractivity (Wildman–Crippen MR) is 101 cm³/mol. The summed E-state index contributed by atoms with van der Waals surface area (Å²) in [7, 11) is -3.12.